The van der Waals surface area contributed by atoms with Crippen molar-refractivity contribution >= 4 is 16.7 Å². The van der Waals surface area contributed by atoms with Crippen molar-refractivity contribution in [2.45, 2.75) is 43.5 Å². The molecule has 3 atom stereocenters. The zero-order chi connectivity index (χ0) is 13.8. The van der Waals surface area contributed by atoms with E-state index in [1.54, 1.807) is 30.5 Å². The van der Waals surface area contributed by atoms with Gasteiger partial charge in [0.1, 0.15) is 0 Å². The number of rotatable bonds is 3. The summed E-state index contributed by atoms with van der Waals surface area (Å²) in [5.74, 6) is 0.677. The smallest absolute Gasteiger partial charge is 0.251 e. The zero-order valence-electron chi connectivity index (χ0n) is 11.5. The number of hydrogen-bond donors (Lipinski definition) is 1. The van der Waals surface area contributed by atoms with Gasteiger partial charge >= 0.3 is 0 Å². The molecule has 0 aliphatic heterocycles. The number of benzene rings is 1. The fraction of sp³-hybridized carbons (Fsp3) is 0.533. The minimum absolute atomic E-state index is 0.0208. The molecule has 1 aromatic rings. The molecule has 3 nitrogen and oxygen atoms in total. The Hall–Kier alpha value is -1.16. The fourth-order valence-corrected chi connectivity index (χ4v) is 3.15. The monoisotopic (exact) mass is 279 g/mol. The van der Waals surface area contributed by atoms with E-state index in [1.807, 2.05) is 0 Å². The van der Waals surface area contributed by atoms with Crippen molar-refractivity contribution in [1.82, 2.24) is 5.32 Å². The average Bonchev–Trinajstić information content (AvgIpc) is 2.39. The van der Waals surface area contributed by atoms with Gasteiger partial charge in [0.05, 0.1) is 0 Å². The molecule has 3 unspecified atom stereocenters. The van der Waals surface area contributed by atoms with Crippen LogP contribution in [0, 0.1) is 5.92 Å². The van der Waals surface area contributed by atoms with E-state index in [0.29, 0.717) is 17.5 Å². The Kier molecular flexibility index (Phi) is 4.75. The molecule has 4 heteroatoms. The molecule has 0 radical (unpaired) electrons. The van der Waals surface area contributed by atoms with E-state index >= 15 is 0 Å². The van der Waals surface area contributed by atoms with Gasteiger partial charge < -0.3 is 5.32 Å². The summed E-state index contributed by atoms with van der Waals surface area (Å²) in [6.45, 7) is 2.24. The lowest BCUT2D eigenvalue weighted by Gasteiger charge is -2.27. The highest BCUT2D eigenvalue weighted by molar-refractivity contribution is 7.84. The molecular formula is C15H21NO2S. The van der Waals surface area contributed by atoms with E-state index in [9.17, 15) is 9.00 Å². The summed E-state index contributed by atoms with van der Waals surface area (Å²) < 4.78 is 11.3. The molecule has 1 amide bonds. The molecule has 1 aromatic carbocycles. The normalized spacial score (nSPS) is 24.7. The highest BCUT2D eigenvalue weighted by Gasteiger charge is 2.20. The lowest BCUT2D eigenvalue weighted by Crippen LogP contribution is -2.37. The molecule has 2 rings (SSSR count). The van der Waals surface area contributed by atoms with Crippen LogP contribution >= 0.6 is 0 Å². The van der Waals surface area contributed by atoms with Gasteiger partial charge in [0, 0.05) is 33.6 Å². The van der Waals surface area contributed by atoms with Crippen LogP contribution in [0.2, 0.25) is 0 Å². The second kappa shape index (κ2) is 6.33. The van der Waals surface area contributed by atoms with Crippen LogP contribution < -0.4 is 5.32 Å². The van der Waals surface area contributed by atoms with Crippen LogP contribution in [0.5, 0.6) is 0 Å². The number of carbonyl (C=O) groups is 1. The average molecular weight is 279 g/mol. The van der Waals surface area contributed by atoms with Crippen molar-refractivity contribution in [3.8, 4) is 0 Å². The minimum atomic E-state index is -0.993. The molecule has 104 valence electrons. The first-order valence-corrected chi connectivity index (χ1v) is 8.36. The van der Waals surface area contributed by atoms with E-state index < -0.39 is 10.8 Å². The molecule has 1 aliphatic rings. The van der Waals surface area contributed by atoms with Crippen molar-refractivity contribution < 1.29 is 9.00 Å². The van der Waals surface area contributed by atoms with E-state index in [-0.39, 0.29) is 5.91 Å². The van der Waals surface area contributed by atoms with Gasteiger partial charge in [-0.05, 0) is 43.0 Å². The molecule has 0 spiro atoms. The van der Waals surface area contributed by atoms with Gasteiger partial charge in [-0.2, -0.15) is 0 Å². The van der Waals surface area contributed by atoms with Crippen LogP contribution in [-0.2, 0) is 10.8 Å². The molecule has 1 saturated carbocycles. The lowest BCUT2D eigenvalue weighted by atomic mass is 9.87. The van der Waals surface area contributed by atoms with Crippen molar-refractivity contribution in [3.05, 3.63) is 29.8 Å². The summed E-state index contributed by atoms with van der Waals surface area (Å²) in [6.07, 6.45) is 6.25. The number of hydrogen-bond acceptors (Lipinski definition) is 2. The molecule has 1 aliphatic carbocycles. The summed E-state index contributed by atoms with van der Waals surface area (Å²) in [5, 5.41) is 3.10. The van der Waals surface area contributed by atoms with Gasteiger partial charge in [0.15, 0.2) is 0 Å². The number of carbonyl (C=O) groups excluding carboxylic acids is 1. The van der Waals surface area contributed by atoms with E-state index in [0.717, 1.165) is 17.7 Å². The Morgan fingerprint density at radius 2 is 1.95 bits per heavy atom. The van der Waals surface area contributed by atoms with Crippen LogP contribution in [0.15, 0.2) is 29.2 Å². The van der Waals surface area contributed by atoms with Gasteiger partial charge in [-0.15, -0.1) is 0 Å². The lowest BCUT2D eigenvalue weighted by molar-refractivity contribution is 0.0921. The van der Waals surface area contributed by atoms with Crippen molar-refractivity contribution in [1.29, 1.82) is 0 Å². The van der Waals surface area contributed by atoms with Crippen LogP contribution in [0.25, 0.3) is 0 Å². The quantitative estimate of drug-likeness (QED) is 0.924. The molecule has 19 heavy (non-hydrogen) atoms. The third kappa shape index (κ3) is 3.90. The van der Waals surface area contributed by atoms with Crippen LogP contribution in [0.3, 0.4) is 0 Å². The van der Waals surface area contributed by atoms with Crippen LogP contribution in [0.4, 0.5) is 0 Å². The standard InChI is InChI=1S/C15H21NO2S/c1-11-4-3-5-13(10-11)16-15(17)12-6-8-14(9-7-12)19(2)18/h6-9,11,13H,3-5,10H2,1-2H3,(H,16,17). The number of amides is 1. The highest BCUT2D eigenvalue weighted by atomic mass is 32.2. The molecule has 0 bridgehead atoms. The van der Waals surface area contributed by atoms with Crippen LogP contribution in [-0.4, -0.2) is 22.4 Å². The second-order valence-corrected chi connectivity index (χ2v) is 6.80. The molecular weight excluding hydrogens is 258 g/mol. The predicted octanol–water partition coefficient (Wildman–Crippen LogP) is 2.73. The van der Waals surface area contributed by atoms with Crippen LogP contribution in [0.1, 0.15) is 43.0 Å². The Bertz CT molecular complexity index is 470. The van der Waals surface area contributed by atoms with Crippen molar-refractivity contribution in [2.24, 2.45) is 5.92 Å². The summed E-state index contributed by atoms with van der Waals surface area (Å²) in [5.41, 5.74) is 0.646. The van der Waals surface area contributed by atoms with Crippen molar-refractivity contribution in [3.63, 3.8) is 0 Å². The van der Waals surface area contributed by atoms with Crippen molar-refractivity contribution in [2.75, 3.05) is 6.26 Å². The fourth-order valence-electron chi connectivity index (χ4n) is 2.63. The predicted molar refractivity (Wildman–Crippen MR) is 77.7 cm³/mol. The minimum Gasteiger partial charge on any atom is -0.349 e. The van der Waals surface area contributed by atoms with Gasteiger partial charge in [-0.3, -0.25) is 9.00 Å². The molecule has 0 heterocycles. The highest BCUT2D eigenvalue weighted by Crippen LogP contribution is 2.23. The summed E-state index contributed by atoms with van der Waals surface area (Å²) in [4.78, 5) is 12.9. The molecule has 0 saturated heterocycles. The summed E-state index contributed by atoms with van der Waals surface area (Å²) >= 11 is 0. The summed E-state index contributed by atoms with van der Waals surface area (Å²) in [7, 11) is -0.993. The first-order chi connectivity index (χ1) is 9.06. The first-order valence-electron chi connectivity index (χ1n) is 6.80. The third-order valence-corrected chi connectivity index (χ3v) is 4.66. The van der Waals surface area contributed by atoms with E-state index in [1.165, 1.54) is 12.8 Å². The molecule has 0 aromatic heterocycles. The Labute approximate surface area is 117 Å². The Balaban J connectivity index is 1.97. The van der Waals surface area contributed by atoms with Gasteiger partial charge in [-0.1, -0.05) is 19.8 Å². The SMILES string of the molecule is CC1CCCC(NC(=O)c2ccc(S(C)=O)cc2)C1. The Morgan fingerprint density at radius 3 is 2.53 bits per heavy atom. The van der Waals surface area contributed by atoms with Gasteiger partial charge in [-0.25, -0.2) is 0 Å². The molecule has 1 N–H and O–H groups in total. The Morgan fingerprint density at radius 1 is 1.26 bits per heavy atom. The van der Waals surface area contributed by atoms with Gasteiger partial charge in [0.25, 0.3) is 5.91 Å². The topological polar surface area (TPSA) is 46.2 Å². The maximum atomic E-state index is 12.1. The molecule has 1 fully saturated rings. The zero-order valence-corrected chi connectivity index (χ0v) is 12.3. The second-order valence-electron chi connectivity index (χ2n) is 5.42. The first kappa shape index (κ1) is 14.3. The number of nitrogens with one attached hydrogen (secondary N) is 1. The van der Waals surface area contributed by atoms with E-state index in [2.05, 4.69) is 12.2 Å². The largest absolute Gasteiger partial charge is 0.349 e. The van der Waals surface area contributed by atoms with Gasteiger partial charge in [0.2, 0.25) is 0 Å². The maximum absolute atomic E-state index is 12.1. The van der Waals surface area contributed by atoms with E-state index in [4.69, 9.17) is 0 Å². The summed E-state index contributed by atoms with van der Waals surface area (Å²) in [6, 6.07) is 7.32. The maximum Gasteiger partial charge on any atom is 0.251 e. The third-order valence-electron chi connectivity index (χ3n) is 3.72.